The van der Waals surface area contributed by atoms with E-state index in [1.165, 1.54) is 25.7 Å². The zero-order valence-electron chi connectivity index (χ0n) is 10.8. The van der Waals surface area contributed by atoms with Gasteiger partial charge in [0.25, 0.3) is 0 Å². The molecule has 0 aromatic rings. The highest BCUT2D eigenvalue weighted by Gasteiger charge is 2.53. The van der Waals surface area contributed by atoms with Crippen LogP contribution in [0.1, 0.15) is 45.4 Å². The Hall–Kier alpha value is -0.250. The van der Waals surface area contributed by atoms with E-state index in [9.17, 15) is 13.2 Å². The van der Waals surface area contributed by atoms with E-state index in [0.29, 0.717) is 12.0 Å². The number of alkyl halides is 3. The number of rotatable bonds is 3. The van der Waals surface area contributed by atoms with Crippen LogP contribution in [0.5, 0.6) is 0 Å². The third kappa shape index (κ3) is 2.28. The van der Waals surface area contributed by atoms with E-state index in [1.54, 1.807) is 6.92 Å². The van der Waals surface area contributed by atoms with Crippen molar-refractivity contribution >= 4 is 0 Å². The summed E-state index contributed by atoms with van der Waals surface area (Å²) in [5, 5.41) is 3.26. The highest BCUT2D eigenvalue weighted by atomic mass is 19.4. The first kappa shape index (κ1) is 12.8. The van der Waals surface area contributed by atoms with Crippen molar-refractivity contribution in [2.75, 3.05) is 0 Å². The van der Waals surface area contributed by atoms with Gasteiger partial charge in [0.1, 0.15) is 0 Å². The highest BCUT2D eigenvalue weighted by Crippen LogP contribution is 2.58. The van der Waals surface area contributed by atoms with Crippen LogP contribution in [-0.4, -0.2) is 18.3 Å². The second-order valence-electron chi connectivity index (χ2n) is 6.65. The van der Waals surface area contributed by atoms with Gasteiger partial charge in [-0.05, 0) is 56.3 Å². The quantitative estimate of drug-likeness (QED) is 0.816. The van der Waals surface area contributed by atoms with Gasteiger partial charge in [0.15, 0.2) is 0 Å². The van der Waals surface area contributed by atoms with E-state index in [0.717, 1.165) is 24.2 Å². The fourth-order valence-electron chi connectivity index (χ4n) is 5.03. The third-order valence-corrected chi connectivity index (χ3v) is 5.46. The van der Waals surface area contributed by atoms with Crippen LogP contribution in [0, 0.1) is 23.7 Å². The van der Waals surface area contributed by atoms with Gasteiger partial charge in [-0.15, -0.1) is 0 Å². The zero-order chi connectivity index (χ0) is 12.9. The van der Waals surface area contributed by atoms with Crippen LogP contribution in [-0.2, 0) is 0 Å². The molecule has 0 aromatic heterocycles. The minimum absolute atomic E-state index is 0.353. The molecule has 0 radical (unpaired) electrons. The van der Waals surface area contributed by atoms with Crippen molar-refractivity contribution in [2.45, 2.75) is 63.7 Å². The molecule has 0 aromatic carbocycles. The molecular weight excluding hydrogens is 239 g/mol. The van der Waals surface area contributed by atoms with Crippen molar-refractivity contribution in [1.82, 2.24) is 5.32 Å². The monoisotopic (exact) mass is 261 g/mol. The summed E-state index contributed by atoms with van der Waals surface area (Å²) in [4.78, 5) is 0. The Morgan fingerprint density at radius 3 is 2.56 bits per heavy atom. The van der Waals surface area contributed by atoms with Gasteiger partial charge in [0, 0.05) is 12.1 Å². The summed E-state index contributed by atoms with van der Waals surface area (Å²) in [5.41, 5.74) is 0. The summed E-state index contributed by atoms with van der Waals surface area (Å²) in [6.07, 6.45) is 1.68. The Bertz CT molecular complexity index is 315. The van der Waals surface area contributed by atoms with E-state index < -0.39 is 18.6 Å². The SMILES string of the molecule is CC(CC(F)(F)F)NC1CC2CC1C1CCCC21. The molecule has 3 aliphatic carbocycles. The predicted molar refractivity (Wildman–Crippen MR) is 64.1 cm³/mol. The summed E-state index contributed by atoms with van der Waals surface area (Å²) in [5.74, 6) is 3.20. The summed E-state index contributed by atoms with van der Waals surface area (Å²) >= 11 is 0. The largest absolute Gasteiger partial charge is 0.390 e. The van der Waals surface area contributed by atoms with Gasteiger partial charge in [-0.1, -0.05) is 6.42 Å². The lowest BCUT2D eigenvalue weighted by Gasteiger charge is -2.34. The van der Waals surface area contributed by atoms with E-state index in [-0.39, 0.29) is 0 Å². The van der Waals surface area contributed by atoms with E-state index in [1.807, 2.05) is 0 Å². The minimum atomic E-state index is -4.04. The first-order valence-corrected chi connectivity index (χ1v) is 7.27. The molecule has 2 bridgehead atoms. The molecule has 0 saturated heterocycles. The molecule has 1 nitrogen and oxygen atoms in total. The number of nitrogens with one attached hydrogen (secondary N) is 1. The fraction of sp³-hybridized carbons (Fsp3) is 1.00. The average molecular weight is 261 g/mol. The third-order valence-electron chi connectivity index (χ3n) is 5.46. The maximum absolute atomic E-state index is 12.3. The molecule has 6 atom stereocenters. The molecule has 104 valence electrons. The summed E-state index contributed by atoms with van der Waals surface area (Å²) in [7, 11) is 0. The second kappa shape index (κ2) is 4.39. The molecule has 3 fully saturated rings. The van der Waals surface area contributed by atoms with Crippen LogP contribution in [0.2, 0.25) is 0 Å². The van der Waals surface area contributed by atoms with E-state index in [2.05, 4.69) is 5.32 Å². The van der Waals surface area contributed by atoms with Crippen LogP contribution in [0.25, 0.3) is 0 Å². The molecular formula is C14H22F3N. The van der Waals surface area contributed by atoms with Crippen LogP contribution in [0.4, 0.5) is 13.2 Å². The average Bonchev–Trinajstić information content (AvgIpc) is 2.81. The molecule has 0 amide bonds. The summed E-state index contributed by atoms with van der Waals surface area (Å²) in [6.45, 7) is 1.67. The van der Waals surface area contributed by atoms with Crippen molar-refractivity contribution in [1.29, 1.82) is 0 Å². The number of hydrogen-bond donors (Lipinski definition) is 1. The number of fused-ring (bicyclic) bond motifs is 5. The normalized spacial score (nSPS) is 44.3. The van der Waals surface area contributed by atoms with Crippen LogP contribution < -0.4 is 5.32 Å². The zero-order valence-corrected chi connectivity index (χ0v) is 10.8. The molecule has 4 heteroatoms. The molecule has 1 N–H and O–H groups in total. The van der Waals surface area contributed by atoms with Gasteiger partial charge in [0.05, 0.1) is 6.42 Å². The van der Waals surface area contributed by atoms with Gasteiger partial charge in [-0.2, -0.15) is 13.2 Å². The molecule has 6 unspecified atom stereocenters. The Labute approximate surface area is 107 Å². The maximum Gasteiger partial charge on any atom is 0.390 e. The topological polar surface area (TPSA) is 12.0 Å². The smallest absolute Gasteiger partial charge is 0.311 e. The van der Waals surface area contributed by atoms with Crippen LogP contribution in [0.3, 0.4) is 0 Å². The molecule has 0 aliphatic heterocycles. The van der Waals surface area contributed by atoms with Crippen LogP contribution >= 0.6 is 0 Å². The number of hydrogen-bond acceptors (Lipinski definition) is 1. The van der Waals surface area contributed by atoms with Crippen molar-refractivity contribution in [3.8, 4) is 0 Å². The maximum atomic E-state index is 12.3. The van der Waals surface area contributed by atoms with Gasteiger partial charge < -0.3 is 5.32 Å². The molecule has 0 spiro atoms. The first-order valence-electron chi connectivity index (χ1n) is 7.27. The summed E-state index contributed by atoms with van der Waals surface area (Å²) < 4.78 is 37.0. The Morgan fingerprint density at radius 1 is 1.11 bits per heavy atom. The highest BCUT2D eigenvalue weighted by molar-refractivity contribution is 5.05. The molecule has 3 saturated carbocycles. The lowest BCUT2D eigenvalue weighted by Crippen LogP contribution is -2.44. The predicted octanol–water partition coefficient (Wildman–Crippen LogP) is 3.74. The van der Waals surface area contributed by atoms with Crippen molar-refractivity contribution in [2.24, 2.45) is 23.7 Å². The molecule has 3 rings (SSSR count). The van der Waals surface area contributed by atoms with E-state index in [4.69, 9.17) is 0 Å². The minimum Gasteiger partial charge on any atom is -0.311 e. The molecule has 0 heterocycles. The lowest BCUT2D eigenvalue weighted by molar-refractivity contribution is -0.139. The van der Waals surface area contributed by atoms with Gasteiger partial charge in [-0.3, -0.25) is 0 Å². The standard InChI is InChI=1S/C14H22F3N/c1-8(7-14(15,16)17)18-13-6-9-5-12(13)11-4-2-3-10(9)11/h8-13,18H,2-7H2,1H3. The second-order valence-corrected chi connectivity index (χ2v) is 6.65. The lowest BCUT2D eigenvalue weighted by atomic mass is 9.79. The summed E-state index contributed by atoms with van der Waals surface area (Å²) in [6, 6.07) is -0.0825. The van der Waals surface area contributed by atoms with Gasteiger partial charge in [-0.25, -0.2) is 0 Å². The number of halogens is 3. The van der Waals surface area contributed by atoms with Crippen molar-refractivity contribution in [3.05, 3.63) is 0 Å². The van der Waals surface area contributed by atoms with E-state index >= 15 is 0 Å². The molecule has 3 aliphatic rings. The Morgan fingerprint density at radius 2 is 1.83 bits per heavy atom. The Balaban J connectivity index is 1.56. The van der Waals surface area contributed by atoms with Gasteiger partial charge >= 0.3 is 6.18 Å². The van der Waals surface area contributed by atoms with Crippen molar-refractivity contribution in [3.63, 3.8) is 0 Å². The first-order chi connectivity index (χ1) is 8.44. The fourth-order valence-corrected chi connectivity index (χ4v) is 5.03. The molecule has 18 heavy (non-hydrogen) atoms. The van der Waals surface area contributed by atoms with Gasteiger partial charge in [0.2, 0.25) is 0 Å². The van der Waals surface area contributed by atoms with Crippen LogP contribution in [0.15, 0.2) is 0 Å². The van der Waals surface area contributed by atoms with Crippen molar-refractivity contribution < 1.29 is 13.2 Å². The Kier molecular flexibility index (Phi) is 3.12.